The molecule has 0 aliphatic carbocycles. The van der Waals surface area contributed by atoms with Crippen LogP contribution in [0.4, 0.5) is 0 Å². The van der Waals surface area contributed by atoms with Crippen LogP contribution in [-0.4, -0.2) is 42.2 Å². The fourth-order valence-electron chi connectivity index (χ4n) is 2.27. The lowest BCUT2D eigenvalue weighted by Gasteiger charge is -2.22. The van der Waals surface area contributed by atoms with E-state index in [0.29, 0.717) is 13.2 Å². The van der Waals surface area contributed by atoms with Gasteiger partial charge in [0.25, 0.3) is 0 Å². The van der Waals surface area contributed by atoms with Crippen molar-refractivity contribution in [1.82, 2.24) is 10.3 Å². The topological polar surface area (TPSA) is 104 Å². The number of nitrogens with one attached hydrogen (secondary N) is 1. The number of hydrogen-bond donors (Lipinski definition) is 2. The lowest BCUT2D eigenvalue weighted by Crippen LogP contribution is -2.36. The number of nitrogens with two attached hydrogens (primary N) is 1. The van der Waals surface area contributed by atoms with Gasteiger partial charge in [-0.1, -0.05) is 0 Å². The summed E-state index contributed by atoms with van der Waals surface area (Å²) >= 11 is 1.46. The fourth-order valence-corrected chi connectivity index (χ4v) is 3.17. The number of hydrogen-bond acceptors (Lipinski definition) is 7. The Labute approximate surface area is 169 Å². The zero-order valence-electron chi connectivity index (χ0n) is 16.5. The summed E-state index contributed by atoms with van der Waals surface area (Å²) in [5.41, 5.74) is 5.88. The Morgan fingerprint density at radius 1 is 1.25 bits per heavy atom. The molecule has 1 heterocycles. The maximum atomic E-state index is 12.0. The van der Waals surface area contributed by atoms with Crippen molar-refractivity contribution in [1.29, 1.82) is 0 Å². The van der Waals surface area contributed by atoms with Gasteiger partial charge in [-0.25, -0.2) is 4.98 Å². The van der Waals surface area contributed by atoms with Crippen molar-refractivity contribution in [3.8, 4) is 16.3 Å². The van der Waals surface area contributed by atoms with Gasteiger partial charge in [-0.15, -0.1) is 11.3 Å². The highest BCUT2D eigenvalue weighted by Crippen LogP contribution is 2.27. The Hall–Kier alpha value is -2.45. The van der Waals surface area contributed by atoms with Crippen LogP contribution in [0.5, 0.6) is 5.75 Å². The predicted octanol–water partition coefficient (Wildman–Crippen LogP) is 2.54. The maximum absolute atomic E-state index is 12.0. The van der Waals surface area contributed by atoms with E-state index in [0.717, 1.165) is 27.6 Å². The van der Waals surface area contributed by atoms with E-state index in [-0.39, 0.29) is 24.8 Å². The van der Waals surface area contributed by atoms with Crippen molar-refractivity contribution < 1.29 is 19.1 Å². The van der Waals surface area contributed by atoms with Crippen LogP contribution in [0.1, 0.15) is 32.1 Å². The number of esters is 1. The molecule has 0 bridgehead atoms. The lowest BCUT2D eigenvalue weighted by molar-refractivity contribution is -0.154. The Morgan fingerprint density at radius 3 is 2.61 bits per heavy atom. The second kappa shape index (κ2) is 10.2. The standard InChI is InChI=1S/C20H27N3O4S/c1-14(24)22-9-4-10-26-16-7-5-15(6-8-16)19-23-12-17(28-19)11-18(25)27-20(2,3)13-21/h5-8,12H,4,9-11,13,21H2,1-3H3,(H,22,24). The van der Waals surface area contributed by atoms with Crippen LogP contribution in [-0.2, 0) is 20.7 Å². The van der Waals surface area contributed by atoms with Crippen LogP contribution < -0.4 is 15.8 Å². The van der Waals surface area contributed by atoms with Gasteiger partial charge in [0.05, 0.1) is 13.0 Å². The number of rotatable bonds is 10. The minimum atomic E-state index is -0.664. The third-order valence-corrected chi connectivity index (χ3v) is 4.87. The summed E-state index contributed by atoms with van der Waals surface area (Å²) in [6.07, 6.45) is 2.62. The normalized spacial score (nSPS) is 11.1. The van der Waals surface area contributed by atoms with Crippen molar-refractivity contribution in [3.05, 3.63) is 35.3 Å². The molecule has 0 aliphatic rings. The number of carbonyl (C=O) groups excluding carboxylic acids is 2. The third-order valence-electron chi connectivity index (χ3n) is 3.82. The summed E-state index contributed by atoms with van der Waals surface area (Å²) in [5, 5.41) is 3.56. The van der Waals surface area contributed by atoms with E-state index < -0.39 is 5.60 Å². The quantitative estimate of drug-likeness (QED) is 0.465. The van der Waals surface area contributed by atoms with Crippen molar-refractivity contribution >= 4 is 23.2 Å². The molecule has 8 heteroatoms. The Morgan fingerprint density at radius 2 is 1.96 bits per heavy atom. The van der Waals surface area contributed by atoms with E-state index in [9.17, 15) is 9.59 Å². The average molecular weight is 406 g/mol. The summed E-state index contributed by atoms with van der Waals surface area (Å²) < 4.78 is 11.0. The molecule has 0 fully saturated rings. The molecular weight excluding hydrogens is 378 g/mol. The highest BCUT2D eigenvalue weighted by atomic mass is 32.1. The molecule has 2 aromatic rings. The highest BCUT2D eigenvalue weighted by Gasteiger charge is 2.21. The molecule has 1 amide bonds. The third kappa shape index (κ3) is 7.28. The van der Waals surface area contributed by atoms with Crippen molar-refractivity contribution in [2.24, 2.45) is 5.73 Å². The van der Waals surface area contributed by atoms with Crippen LogP contribution in [0, 0.1) is 0 Å². The maximum Gasteiger partial charge on any atom is 0.311 e. The summed E-state index contributed by atoms with van der Waals surface area (Å²) in [4.78, 5) is 28.1. The molecule has 3 N–H and O–H groups in total. The monoisotopic (exact) mass is 405 g/mol. The minimum Gasteiger partial charge on any atom is -0.494 e. The number of thiazole rings is 1. The van der Waals surface area contributed by atoms with E-state index in [1.807, 2.05) is 24.3 Å². The van der Waals surface area contributed by atoms with Gasteiger partial charge in [0, 0.05) is 36.7 Å². The van der Waals surface area contributed by atoms with Gasteiger partial charge in [0.15, 0.2) is 0 Å². The Balaban J connectivity index is 1.85. The number of aromatic nitrogens is 1. The van der Waals surface area contributed by atoms with Crippen LogP contribution in [0.25, 0.3) is 10.6 Å². The zero-order valence-corrected chi connectivity index (χ0v) is 17.3. The van der Waals surface area contributed by atoms with Crippen LogP contribution >= 0.6 is 11.3 Å². The molecule has 0 aliphatic heterocycles. The molecule has 0 saturated heterocycles. The number of benzene rings is 1. The zero-order chi connectivity index (χ0) is 20.6. The minimum absolute atomic E-state index is 0.0384. The second-order valence-corrected chi connectivity index (χ2v) is 8.07. The van der Waals surface area contributed by atoms with Gasteiger partial charge >= 0.3 is 5.97 Å². The molecule has 0 saturated carbocycles. The molecule has 1 aromatic carbocycles. The van der Waals surface area contributed by atoms with E-state index in [4.69, 9.17) is 15.2 Å². The van der Waals surface area contributed by atoms with Crippen LogP contribution in [0.2, 0.25) is 0 Å². The summed E-state index contributed by atoms with van der Waals surface area (Å²) in [6.45, 7) is 6.46. The molecule has 0 spiro atoms. The Bertz CT molecular complexity index is 787. The van der Waals surface area contributed by atoms with Crippen molar-refractivity contribution in [2.75, 3.05) is 19.7 Å². The molecule has 0 radical (unpaired) electrons. The van der Waals surface area contributed by atoms with E-state index in [1.165, 1.54) is 18.3 Å². The SMILES string of the molecule is CC(=O)NCCCOc1ccc(-c2ncc(CC(=O)OC(C)(C)CN)s2)cc1. The van der Waals surface area contributed by atoms with Crippen LogP contribution in [0.3, 0.4) is 0 Å². The molecule has 28 heavy (non-hydrogen) atoms. The first-order valence-electron chi connectivity index (χ1n) is 9.13. The average Bonchev–Trinajstić information content (AvgIpc) is 3.09. The van der Waals surface area contributed by atoms with E-state index >= 15 is 0 Å². The molecular formula is C20H27N3O4S. The molecule has 0 atom stereocenters. The molecule has 2 rings (SSSR count). The van der Waals surface area contributed by atoms with E-state index in [2.05, 4.69) is 10.3 Å². The van der Waals surface area contributed by atoms with Crippen LogP contribution in [0.15, 0.2) is 30.5 Å². The van der Waals surface area contributed by atoms with Gasteiger partial charge in [0.2, 0.25) is 5.91 Å². The molecule has 7 nitrogen and oxygen atoms in total. The molecule has 1 aromatic heterocycles. The summed E-state index contributed by atoms with van der Waals surface area (Å²) in [5.74, 6) is 0.410. The number of amides is 1. The lowest BCUT2D eigenvalue weighted by atomic mass is 10.1. The van der Waals surface area contributed by atoms with E-state index in [1.54, 1.807) is 20.0 Å². The molecule has 0 unspecified atom stereocenters. The number of carbonyl (C=O) groups is 2. The van der Waals surface area contributed by atoms with Gasteiger partial charge in [0.1, 0.15) is 16.4 Å². The first-order chi connectivity index (χ1) is 13.3. The first kappa shape index (κ1) is 21.8. The van der Waals surface area contributed by atoms with Gasteiger partial charge < -0.3 is 20.5 Å². The first-order valence-corrected chi connectivity index (χ1v) is 9.95. The highest BCUT2D eigenvalue weighted by molar-refractivity contribution is 7.15. The van der Waals surface area contributed by atoms with Gasteiger partial charge in [-0.2, -0.15) is 0 Å². The fraction of sp³-hybridized carbons (Fsp3) is 0.450. The summed E-state index contributed by atoms with van der Waals surface area (Å²) in [6, 6.07) is 7.63. The van der Waals surface area contributed by atoms with Crippen molar-refractivity contribution in [3.63, 3.8) is 0 Å². The largest absolute Gasteiger partial charge is 0.494 e. The molecule has 152 valence electrons. The number of ether oxygens (including phenoxy) is 2. The second-order valence-electron chi connectivity index (χ2n) is 6.96. The van der Waals surface area contributed by atoms with Gasteiger partial charge in [-0.3, -0.25) is 9.59 Å². The number of nitrogens with zero attached hydrogens (tertiary/aromatic N) is 1. The smallest absolute Gasteiger partial charge is 0.311 e. The summed E-state index contributed by atoms with van der Waals surface area (Å²) in [7, 11) is 0. The predicted molar refractivity (Wildman–Crippen MR) is 109 cm³/mol. The van der Waals surface area contributed by atoms with Gasteiger partial charge in [-0.05, 0) is 44.5 Å². The van der Waals surface area contributed by atoms with Crippen molar-refractivity contribution in [2.45, 2.75) is 39.2 Å². The Kier molecular flexibility index (Phi) is 7.95.